The number of hydrogen-bond donors (Lipinski definition) is 1. The summed E-state index contributed by atoms with van der Waals surface area (Å²) in [7, 11) is 0. The average molecular weight is 210 g/mol. The highest BCUT2D eigenvalue weighted by atomic mass is 19.4. The number of hydrogen-bond acceptors (Lipinski definition) is 2. The smallest absolute Gasteiger partial charge is 0.341 e. The molecule has 3 nitrogen and oxygen atoms in total. The zero-order chi connectivity index (χ0) is 10.6. The topological polar surface area (TPSA) is 32.3 Å². The molecule has 0 atom stereocenters. The molecule has 1 amide bonds. The van der Waals surface area contributed by atoms with Gasteiger partial charge in [0.05, 0.1) is 0 Å². The van der Waals surface area contributed by atoms with Crippen LogP contribution in [0.2, 0.25) is 0 Å². The maximum Gasteiger partial charge on any atom is 0.397 e. The van der Waals surface area contributed by atoms with E-state index in [1.165, 1.54) is 4.90 Å². The fourth-order valence-corrected chi connectivity index (χ4v) is 1.38. The van der Waals surface area contributed by atoms with E-state index < -0.39 is 18.5 Å². The van der Waals surface area contributed by atoms with Crippen molar-refractivity contribution in [3.8, 4) is 0 Å². The van der Waals surface area contributed by atoms with Crippen molar-refractivity contribution in [1.82, 2.24) is 10.2 Å². The molecule has 1 rings (SSSR count). The van der Waals surface area contributed by atoms with E-state index in [-0.39, 0.29) is 0 Å². The summed E-state index contributed by atoms with van der Waals surface area (Å²) >= 11 is 0. The SMILES string of the molecule is O=C(CC(F)(F)F)N1CCCNCC1. The molecule has 0 bridgehead atoms. The first-order valence-corrected chi connectivity index (χ1v) is 4.54. The van der Waals surface area contributed by atoms with E-state index >= 15 is 0 Å². The Morgan fingerprint density at radius 3 is 2.64 bits per heavy atom. The van der Waals surface area contributed by atoms with Gasteiger partial charge in [-0.2, -0.15) is 13.2 Å². The second kappa shape index (κ2) is 4.63. The molecule has 14 heavy (non-hydrogen) atoms. The molecule has 0 aliphatic carbocycles. The van der Waals surface area contributed by atoms with Gasteiger partial charge in [0, 0.05) is 19.6 Å². The molecule has 0 aromatic carbocycles. The van der Waals surface area contributed by atoms with Crippen LogP contribution in [0.4, 0.5) is 13.2 Å². The summed E-state index contributed by atoms with van der Waals surface area (Å²) in [6.45, 7) is 2.12. The molecule has 1 heterocycles. The van der Waals surface area contributed by atoms with Gasteiger partial charge in [-0.25, -0.2) is 0 Å². The predicted molar refractivity (Wildman–Crippen MR) is 44.7 cm³/mol. The number of nitrogens with zero attached hydrogens (tertiary/aromatic N) is 1. The maximum atomic E-state index is 11.9. The summed E-state index contributed by atoms with van der Waals surface area (Å²) in [6.07, 6.45) is -5.02. The van der Waals surface area contributed by atoms with E-state index in [4.69, 9.17) is 0 Å². The van der Waals surface area contributed by atoms with Crippen LogP contribution >= 0.6 is 0 Å². The third-order valence-electron chi connectivity index (χ3n) is 2.04. The van der Waals surface area contributed by atoms with Crippen LogP contribution in [-0.2, 0) is 4.79 Å². The fourth-order valence-electron chi connectivity index (χ4n) is 1.38. The van der Waals surface area contributed by atoms with Gasteiger partial charge < -0.3 is 10.2 Å². The van der Waals surface area contributed by atoms with Crippen molar-refractivity contribution in [2.24, 2.45) is 0 Å². The molecule has 1 aliphatic rings. The Bertz CT molecular complexity index is 197. The summed E-state index contributed by atoms with van der Waals surface area (Å²) in [6, 6.07) is 0. The number of nitrogens with one attached hydrogen (secondary N) is 1. The Morgan fingerprint density at radius 2 is 2.00 bits per heavy atom. The van der Waals surface area contributed by atoms with E-state index in [1.807, 2.05) is 0 Å². The van der Waals surface area contributed by atoms with Gasteiger partial charge in [0.25, 0.3) is 0 Å². The van der Waals surface area contributed by atoms with E-state index in [0.717, 1.165) is 6.54 Å². The maximum absolute atomic E-state index is 11.9. The van der Waals surface area contributed by atoms with Gasteiger partial charge in [-0.15, -0.1) is 0 Å². The van der Waals surface area contributed by atoms with Gasteiger partial charge in [0.15, 0.2) is 0 Å². The van der Waals surface area contributed by atoms with Crippen LogP contribution in [0.5, 0.6) is 0 Å². The minimum Gasteiger partial charge on any atom is -0.341 e. The molecule has 82 valence electrons. The van der Waals surface area contributed by atoms with Gasteiger partial charge in [-0.1, -0.05) is 0 Å². The van der Waals surface area contributed by atoms with E-state index in [0.29, 0.717) is 26.1 Å². The Morgan fingerprint density at radius 1 is 1.29 bits per heavy atom. The molecule has 1 saturated heterocycles. The third-order valence-corrected chi connectivity index (χ3v) is 2.04. The molecule has 6 heteroatoms. The van der Waals surface area contributed by atoms with Crippen molar-refractivity contribution >= 4 is 5.91 Å². The molecule has 1 N–H and O–H groups in total. The first-order chi connectivity index (χ1) is 6.49. The van der Waals surface area contributed by atoms with Crippen molar-refractivity contribution in [3.05, 3.63) is 0 Å². The van der Waals surface area contributed by atoms with Crippen molar-refractivity contribution in [2.45, 2.75) is 19.0 Å². The van der Waals surface area contributed by atoms with E-state index in [9.17, 15) is 18.0 Å². The summed E-state index contributed by atoms with van der Waals surface area (Å²) in [5, 5.41) is 3.02. The molecule has 0 aromatic heterocycles. The molecular formula is C8H13F3N2O. The lowest BCUT2D eigenvalue weighted by molar-refractivity contribution is -0.161. The second-order valence-electron chi connectivity index (χ2n) is 3.28. The quantitative estimate of drug-likeness (QED) is 0.693. The number of alkyl halides is 3. The Balaban J connectivity index is 2.42. The van der Waals surface area contributed by atoms with Gasteiger partial charge in [-0.05, 0) is 13.0 Å². The largest absolute Gasteiger partial charge is 0.397 e. The molecule has 0 spiro atoms. The van der Waals surface area contributed by atoms with Crippen LogP contribution in [0.1, 0.15) is 12.8 Å². The highest BCUT2D eigenvalue weighted by Crippen LogP contribution is 2.20. The number of carbonyl (C=O) groups is 1. The first kappa shape index (κ1) is 11.3. The Hall–Kier alpha value is -0.780. The molecule has 1 aliphatic heterocycles. The van der Waals surface area contributed by atoms with Gasteiger partial charge in [0.1, 0.15) is 6.42 Å². The van der Waals surface area contributed by atoms with Gasteiger partial charge in [-0.3, -0.25) is 4.79 Å². The Labute approximate surface area is 80.3 Å². The Kier molecular flexibility index (Phi) is 3.74. The van der Waals surface area contributed by atoms with Gasteiger partial charge in [0.2, 0.25) is 5.91 Å². The monoisotopic (exact) mass is 210 g/mol. The second-order valence-corrected chi connectivity index (χ2v) is 3.28. The lowest BCUT2D eigenvalue weighted by Gasteiger charge is -2.20. The lowest BCUT2D eigenvalue weighted by Crippen LogP contribution is -2.36. The van der Waals surface area contributed by atoms with Crippen LogP contribution in [0.25, 0.3) is 0 Å². The number of amides is 1. The first-order valence-electron chi connectivity index (χ1n) is 4.54. The lowest BCUT2D eigenvalue weighted by atomic mass is 10.3. The van der Waals surface area contributed by atoms with E-state index in [1.54, 1.807) is 0 Å². The van der Waals surface area contributed by atoms with Crippen LogP contribution < -0.4 is 5.32 Å². The molecule has 0 saturated carbocycles. The van der Waals surface area contributed by atoms with Crippen LogP contribution in [0.15, 0.2) is 0 Å². The molecular weight excluding hydrogens is 197 g/mol. The highest BCUT2D eigenvalue weighted by molar-refractivity contribution is 5.76. The predicted octanol–water partition coefficient (Wildman–Crippen LogP) is 0.761. The van der Waals surface area contributed by atoms with Crippen molar-refractivity contribution < 1.29 is 18.0 Å². The zero-order valence-electron chi connectivity index (χ0n) is 7.73. The third kappa shape index (κ3) is 3.95. The van der Waals surface area contributed by atoms with Crippen molar-refractivity contribution in [1.29, 1.82) is 0 Å². The van der Waals surface area contributed by atoms with Crippen molar-refractivity contribution in [2.75, 3.05) is 26.2 Å². The zero-order valence-corrected chi connectivity index (χ0v) is 7.73. The van der Waals surface area contributed by atoms with Crippen molar-refractivity contribution in [3.63, 3.8) is 0 Å². The highest BCUT2D eigenvalue weighted by Gasteiger charge is 2.33. The van der Waals surface area contributed by atoms with Crippen LogP contribution in [0, 0.1) is 0 Å². The molecule has 0 radical (unpaired) electrons. The van der Waals surface area contributed by atoms with E-state index in [2.05, 4.69) is 5.32 Å². The molecule has 0 unspecified atom stereocenters. The average Bonchev–Trinajstić information content (AvgIpc) is 2.27. The summed E-state index contributed by atoms with van der Waals surface area (Å²) < 4.78 is 35.7. The minimum absolute atomic E-state index is 0.370. The fraction of sp³-hybridized carbons (Fsp3) is 0.875. The van der Waals surface area contributed by atoms with Gasteiger partial charge >= 0.3 is 6.18 Å². The molecule has 0 aromatic rings. The van der Waals surface area contributed by atoms with Crippen LogP contribution in [-0.4, -0.2) is 43.2 Å². The summed E-state index contributed by atoms with van der Waals surface area (Å²) in [4.78, 5) is 12.4. The standard InChI is InChI=1S/C8H13F3N2O/c9-8(10,11)6-7(14)13-4-1-2-12-3-5-13/h12H,1-6H2. The number of carbonyl (C=O) groups excluding carboxylic acids is 1. The number of halogens is 3. The summed E-state index contributed by atoms with van der Waals surface area (Å²) in [5.41, 5.74) is 0. The molecule has 1 fully saturated rings. The minimum atomic E-state index is -4.39. The van der Waals surface area contributed by atoms with Crippen LogP contribution in [0.3, 0.4) is 0 Å². The normalized spacial score (nSPS) is 19.2. The summed E-state index contributed by atoms with van der Waals surface area (Å²) in [5.74, 6) is -0.818. The number of rotatable bonds is 1.